The van der Waals surface area contributed by atoms with Gasteiger partial charge in [0.2, 0.25) is 5.91 Å². The molecule has 0 radical (unpaired) electrons. The van der Waals surface area contributed by atoms with Crippen LogP contribution in [0.4, 0.5) is 0 Å². The van der Waals surface area contributed by atoms with Gasteiger partial charge in [-0.1, -0.05) is 23.7 Å². The van der Waals surface area contributed by atoms with Crippen LogP contribution in [0.5, 0.6) is 0 Å². The maximum atomic E-state index is 12.4. The summed E-state index contributed by atoms with van der Waals surface area (Å²) in [6, 6.07) is 8.84. The van der Waals surface area contributed by atoms with Crippen molar-refractivity contribution in [1.29, 1.82) is 0 Å². The summed E-state index contributed by atoms with van der Waals surface area (Å²) < 4.78 is 1.80. The predicted octanol–water partition coefficient (Wildman–Crippen LogP) is 2.98. The van der Waals surface area contributed by atoms with Gasteiger partial charge in [-0.3, -0.25) is 20.4 Å². The standard InChI is InChI=1S/C19H20ClN5O2/c1-11(2)25-18-14(10-21-25)9-16(12(3)22-18)19(27)24-23-17(26)8-13-4-6-15(20)7-5-13/h4-7,9-11H,8H2,1-3H3,(H,23,26)(H,24,27). The lowest BCUT2D eigenvalue weighted by Crippen LogP contribution is -2.42. The van der Waals surface area contributed by atoms with Crippen LogP contribution in [0.25, 0.3) is 11.0 Å². The van der Waals surface area contributed by atoms with Gasteiger partial charge in [0.25, 0.3) is 5.91 Å². The van der Waals surface area contributed by atoms with Gasteiger partial charge >= 0.3 is 0 Å². The Balaban J connectivity index is 1.68. The second-order valence-electron chi connectivity index (χ2n) is 6.52. The average Bonchev–Trinajstić information content (AvgIpc) is 3.04. The van der Waals surface area contributed by atoms with Crippen molar-refractivity contribution >= 4 is 34.4 Å². The van der Waals surface area contributed by atoms with E-state index in [9.17, 15) is 9.59 Å². The molecule has 140 valence electrons. The number of hydrazine groups is 1. The second kappa shape index (κ2) is 7.75. The predicted molar refractivity (Wildman–Crippen MR) is 103 cm³/mol. The molecule has 1 aromatic carbocycles. The van der Waals surface area contributed by atoms with Gasteiger partial charge in [0, 0.05) is 16.5 Å². The number of benzene rings is 1. The maximum Gasteiger partial charge on any atom is 0.271 e. The normalized spacial score (nSPS) is 11.0. The first kappa shape index (κ1) is 18.8. The van der Waals surface area contributed by atoms with Crippen molar-refractivity contribution in [2.75, 3.05) is 0 Å². The molecule has 0 unspecified atom stereocenters. The lowest BCUT2D eigenvalue weighted by Gasteiger charge is -2.10. The summed E-state index contributed by atoms with van der Waals surface area (Å²) in [4.78, 5) is 29.0. The average molecular weight is 386 g/mol. The third-order valence-corrected chi connectivity index (χ3v) is 4.34. The van der Waals surface area contributed by atoms with Crippen LogP contribution in [0.1, 0.15) is 41.5 Å². The molecule has 3 rings (SSSR count). The number of fused-ring (bicyclic) bond motifs is 1. The monoisotopic (exact) mass is 385 g/mol. The van der Waals surface area contributed by atoms with Crippen molar-refractivity contribution in [3.05, 3.63) is 58.4 Å². The van der Waals surface area contributed by atoms with Crippen molar-refractivity contribution in [1.82, 2.24) is 25.6 Å². The van der Waals surface area contributed by atoms with Gasteiger partial charge in [-0.05, 0) is 44.5 Å². The van der Waals surface area contributed by atoms with E-state index in [1.807, 2.05) is 13.8 Å². The summed E-state index contributed by atoms with van der Waals surface area (Å²) in [6.07, 6.45) is 1.81. The minimum absolute atomic E-state index is 0.134. The lowest BCUT2D eigenvalue weighted by molar-refractivity contribution is -0.121. The van der Waals surface area contributed by atoms with E-state index in [0.717, 1.165) is 16.6 Å². The Hall–Kier alpha value is -2.93. The fraction of sp³-hybridized carbons (Fsp3) is 0.263. The van der Waals surface area contributed by atoms with Crippen molar-refractivity contribution in [3.8, 4) is 0 Å². The van der Waals surface area contributed by atoms with E-state index in [1.54, 1.807) is 48.1 Å². The van der Waals surface area contributed by atoms with Gasteiger partial charge in [-0.15, -0.1) is 0 Å². The molecule has 0 aliphatic heterocycles. The number of halogens is 1. The minimum atomic E-state index is -0.427. The molecular formula is C19H20ClN5O2. The zero-order chi connectivity index (χ0) is 19.6. The molecule has 0 saturated heterocycles. The van der Waals surface area contributed by atoms with Crippen LogP contribution in [0.3, 0.4) is 0 Å². The van der Waals surface area contributed by atoms with Crippen LogP contribution in [0.15, 0.2) is 36.5 Å². The zero-order valence-corrected chi connectivity index (χ0v) is 16.0. The number of carbonyl (C=O) groups is 2. The van der Waals surface area contributed by atoms with E-state index in [0.29, 0.717) is 16.3 Å². The van der Waals surface area contributed by atoms with Gasteiger partial charge in [0.15, 0.2) is 5.65 Å². The summed E-state index contributed by atoms with van der Waals surface area (Å²) in [5.74, 6) is -0.756. The Labute approximate surface area is 161 Å². The number of nitrogens with zero attached hydrogens (tertiary/aromatic N) is 3. The number of amides is 2. The fourth-order valence-electron chi connectivity index (χ4n) is 2.70. The smallest absolute Gasteiger partial charge is 0.271 e. The van der Waals surface area contributed by atoms with E-state index in [2.05, 4.69) is 20.9 Å². The summed E-state index contributed by atoms with van der Waals surface area (Å²) >= 11 is 5.82. The number of rotatable bonds is 4. The largest absolute Gasteiger partial charge is 0.273 e. The molecule has 0 saturated carbocycles. The third kappa shape index (κ3) is 4.25. The van der Waals surface area contributed by atoms with Gasteiger partial charge in [-0.25, -0.2) is 9.67 Å². The molecule has 2 aromatic heterocycles. The molecule has 0 spiro atoms. The third-order valence-electron chi connectivity index (χ3n) is 4.09. The fourth-order valence-corrected chi connectivity index (χ4v) is 2.83. The Morgan fingerprint density at radius 1 is 1.19 bits per heavy atom. The molecule has 7 nitrogen and oxygen atoms in total. The quantitative estimate of drug-likeness (QED) is 0.676. The van der Waals surface area contributed by atoms with Gasteiger partial charge in [-0.2, -0.15) is 5.10 Å². The highest BCUT2D eigenvalue weighted by atomic mass is 35.5. The SMILES string of the molecule is Cc1nc2c(cnn2C(C)C)cc1C(=O)NNC(=O)Cc1ccc(Cl)cc1. The summed E-state index contributed by atoms with van der Waals surface area (Å²) in [7, 11) is 0. The molecule has 0 aliphatic rings. The molecule has 3 aromatic rings. The number of hydrogen-bond donors (Lipinski definition) is 2. The van der Waals surface area contributed by atoms with E-state index < -0.39 is 5.91 Å². The van der Waals surface area contributed by atoms with Crippen LogP contribution in [-0.2, 0) is 11.2 Å². The highest BCUT2D eigenvalue weighted by molar-refractivity contribution is 6.30. The lowest BCUT2D eigenvalue weighted by atomic mass is 10.1. The molecular weight excluding hydrogens is 366 g/mol. The van der Waals surface area contributed by atoms with Crippen molar-refractivity contribution in [2.24, 2.45) is 0 Å². The summed E-state index contributed by atoms with van der Waals surface area (Å²) in [5.41, 5.74) is 7.33. The Morgan fingerprint density at radius 2 is 1.89 bits per heavy atom. The van der Waals surface area contributed by atoms with Gasteiger partial charge in [0.1, 0.15) is 0 Å². The van der Waals surface area contributed by atoms with Crippen LogP contribution < -0.4 is 10.9 Å². The topological polar surface area (TPSA) is 88.9 Å². The summed E-state index contributed by atoms with van der Waals surface area (Å²) in [5, 5.41) is 5.68. The number of carbonyl (C=O) groups excluding carboxylic acids is 2. The number of pyridine rings is 1. The Bertz CT molecular complexity index is 995. The van der Waals surface area contributed by atoms with E-state index in [-0.39, 0.29) is 18.4 Å². The Morgan fingerprint density at radius 3 is 2.56 bits per heavy atom. The maximum absolute atomic E-state index is 12.4. The molecule has 0 bridgehead atoms. The molecule has 0 fully saturated rings. The molecule has 2 amide bonds. The van der Waals surface area contributed by atoms with Crippen molar-refractivity contribution in [2.45, 2.75) is 33.2 Å². The second-order valence-corrected chi connectivity index (χ2v) is 6.96. The highest BCUT2D eigenvalue weighted by Crippen LogP contribution is 2.19. The van der Waals surface area contributed by atoms with E-state index in [1.165, 1.54) is 0 Å². The molecule has 0 atom stereocenters. The molecule has 8 heteroatoms. The first-order valence-electron chi connectivity index (χ1n) is 8.53. The summed E-state index contributed by atoms with van der Waals surface area (Å²) in [6.45, 7) is 5.78. The number of nitrogens with one attached hydrogen (secondary N) is 2. The van der Waals surface area contributed by atoms with E-state index in [4.69, 9.17) is 11.6 Å². The van der Waals surface area contributed by atoms with E-state index >= 15 is 0 Å². The van der Waals surface area contributed by atoms with Gasteiger partial charge < -0.3 is 0 Å². The highest BCUT2D eigenvalue weighted by Gasteiger charge is 2.16. The van der Waals surface area contributed by atoms with Crippen molar-refractivity contribution < 1.29 is 9.59 Å². The Kier molecular flexibility index (Phi) is 5.41. The van der Waals surface area contributed by atoms with Crippen LogP contribution in [0, 0.1) is 6.92 Å². The molecule has 2 heterocycles. The molecule has 27 heavy (non-hydrogen) atoms. The van der Waals surface area contributed by atoms with Crippen LogP contribution in [-0.4, -0.2) is 26.6 Å². The van der Waals surface area contributed by atoms with Crippen molar-refractivity contribution in [3.63, 3.8) is 0 Å². The first-order valence-corrected chi connectivity index (χ1v) is 8.91. The van der Waals surface area contributed by atoms with Gasteiger partial charge in [0.05, 0.1) is 23.9 Å². The molecule has 2 N–H and O–H groups in total. The number of hydrogen-bond acceptors (Lipinski definition) is 4. The van der Waals surface area contributed by atoms with Crippen LogP contribution >= 0.6 is 11.6 Å². The number of aryl methyl sites for hydroxylation is 1. The minimum Gasteiger partial charge on any atom is -0.273 e. The molecule has 0 aliphatic carbocycles. The number of aromatic nitrogens is 3. The first-order chi connectivity index (χ1) is 12.8. The van der Waals surface area contributed by atoms with Crippen LogP contribution in [0.2, 0.25) is 5.02 Å². The zero-order valence-electron chi connectivity index (χ0n) is 15.3.